The van der Waals surface area contributed by atoms with Gasteiger partial charge in [0, 0.05) is 36.5 Å². The molecule has 1 amide bonds. The first-order chi connectivity index (χ1) is 16.5. The molecule has 170 valence electrons. The average Bonchev–Trinajstić information content (AvgIpc) is 3.45. The van der Waals surface area contributed by atoms with Gasteiger partial charge in [0.2, 0.25) is 0 Å². The van der Waals surface area contributed by atoms with Gasteiger partial charge in [0.15, 0.2) is 0 Å². The van der Waals surface area contributed by atoms with Crippen LogP contribution < -0.4 is 10.0 Å². The topological polar surface area (TPSA) is 123 Å². The van der Waals surface area contributed by atoms with Crippen molar-refractivity contribution in [2.24, 2.45) is 0 Å². The quantitative estimate of drug-likeness (QED) is 0.375. The Kier molecular flexibility index (Phi) is 5.52. The van der Waals surface area contributed by atoms with E-state index in [0.717, 1.165) is 11.3 Å². The molecule has 1 aromatic carbocycles. The Morgan fingerprint density at radius 3 is 2.50 bits per heavy atom. The second-order valence-electron chi connectivity index (χ2n) is 7.44. The number of nitrogens with one attached hydrogen (secondary N) is 2. The van der Waals surface area contributed by atoms with E-state index in [1.165, 1.54) is 36.7 Å². The summed E-state index contributed by atoms with van der Waals surface area (Å²) in [6, 6.07) is 14.5. The van der Waals surface area contributed by atoms with E-state index in [-0.39, 0.29) is 10.8 Å². The summed E-state index contributed by atoms with van der Waals surface area (Å²) in [6.45, 7) is 0.453. The summed E-state index contributed by atoms with van der Waals surface area (Å²) in [5.74, 6) is -0.377. The smallest absolute Gasteiger partial charge is 0.261 e. The number of benzene rings is 1. The molecule has 0 saturated carbocycles. The number of anilines is 2. The van der Waals surface area contributed by atoms with Crippen molar-refractivity contribution in [2.45, 2.75) is 11.4 Å². The van der Waals surface area contributed by atoms with Crippen LogP contribution in [0.1, 0.15) is 16.1 Å². The van der Waals surface area contributed by atoms with E-state index in [0.29, 0.717) is 23.5 Å². The molecule has 0 saturated heterocycles. The van der Waals surface area contributed by atoms with E-state index >= 15 is 0 Å². The fourth-order valence-corrected chi connectivity index (χ4v) is 4.43. The van der Waals surface area contributed by atoms with Crippen LogP contribution in [0.25, 0.3) is 5.65 Å². The lowest BCUT2D eigenvalue weighted by Gasteiger charge is -2.08. The van der Waals surface area contributed by atoms with E-state index in [2.05, 4.69) is 25.1 Å². The number of hydrogen-bond donors (Lipinski definition) is 2. The number of aromatic nitrogens is 5. The number of fused-ring (bicyclic) bond motifs is 1. The number of amides is 1. The van der Waals surface area contributed by atoms with Crippen molar-refractivity contribution in [1.82, 2.24) is 24.1 Å². The molecule has 0 aliphatic rings. The number of carbonyl (C=O) groups is 1. The molecule has 4 aromatic heterocycles. The van der Waals surface area contributed by atoms with Crippen LogP contribution in [0, 0.1) is 0 Å². The molecule has 0 spiro atoms. The van der Waals surface area contributed by atoms with Crippen LogP contribution in [0.2, 0.25) is 0 Å². The van der Waals surface area contributed by atoms with Gasteiger partial charge < -0.3 is 9.72 Å². The first-order valence-electron chi connectivity index (χ1n) is 10.3. The zero-order chi connectivity index (χ0) is 23.5. The van der Waals surface area contributed by atoms with Crippen LogP contribution in [-0.4, -0.2) is 38.5 Å². The number of nitrogens with zero attached hydrogens (tertiary/aromatic N) is 5. The average molecular weight is 474 g/mol. The molecular weight excluding hydrogens is 454 g/mol. The highest BCUT2D eigenvalue weighted by atomic mass is 32.2. The number of imidazole rings is 1. The normalized spacial score (nSPS) is 11.4. The van der Waals surface area contributed by atoms with Crippen LogP contribution in [0.3, 0.4) is 0 Å². The van der Waals surface area contributed by atoms with Crippen molar-refractivity contribution in [2.75, 3.05) is 10.0 Å². The van der Waals surface area contributed by atoms with Gasteiger partial charge in [-0.05, 0) is 48.5 Å². The van der Waals surface area contributed by atoms with E-state index in [4.69, 9.17) is 0 Å². The Labute approximate surface area is 195 Å². The van der Waals surface area contributed by atoms with E-state index in [9.17, 15) is 13.2 Å². The summed E-state index contributed by atoms with van der Waals surface area (Å²) >= 11 is 0. The molecule has 5 rings (SSSR count). The monoisotopic (exact) mass is 473 g/mol. The highest BCUT2D eigenvalue weighted by Crippen LogP contribution is 2.17. The fraction of sp³-hybridized carbons (Fsp3) is 0.0435. The summed E-state index contributed by atoms with van der Waals surface area (Å²) in [7, 11) is -3.78. The van der Waals surface area contributed by atoms with Gasteiger partial charge in [-0.15, -0.1) is 0 Å². The molecule has 0 aliphatic heterocycles. The fourth-order valence-electron chi connectivity index (χ4n) is 3.37. The predicted octanol–water partition coefficient (Wildman–Crippen LogP) is 3.03. The maximum atomic E-state index is 12.6. The summed E-state index contributed by atoms with van der Waals surface area (Å²) in [5.41, 5.74) is 2.92. The Morgan fingerprint density at radius 1 is 0.941 bits per heavy atom. The first kappa shape index (κ1) is 21.3. The number of hydrogen-bond acceptors (Lipinski definition) is 6. The Hall–Kier alpha value is -4.51. The van der Waals surface area contributed by atoms with Gasteiger partial charge in [0.1, 0.15) is 5.65 Å². The van der Waals surface area contributed by atoms with Gasteiger partial charge in [0.05, 0.1) is 34.7 Å². The van der Waals surface area contributed by atoms with Crippen LogP contribution in [0.5, 0.6) is 0 Å². The zero-order valence-electron chi connectivity index (χ0n) is 17.7. The van der Waals surface area contributed by atoms with Gasteiger partial charge in [-0.2, -0.15) is 5.10 Å². The van der Waals surface area contributed by atoms with Gasteiger partial charge >= 0.3 is 0 Å². The SMILES string of the molecule is O=C(Nc1cnn(Cc2cn3ccccc3n2)c1)c1ccc(S(=O)(=O)Nc2ccncc2)cc1. The maximum absolute atomic E-state index is 12.6. The minimum Gasteiger partial charge on any atom is -0.319 e. The molecule has 0 unspecified atom stereocenters. The third-order valence-electron chi connectivity index (χ3n) is 4.99. The number of rotatable bonds is 7. The van der Waals surface area contributed by atoms with E-state index in [1.54, 1.807) is 29.2 Å². The van der Waals surface area contributed by atoms with Gasteiger partial charge in [-0.1, -0.05) is 6.07 Å². The maximum Gasteiger partial charge on any atom is 0.261 e. The number of carbonyl (C=O) groups excluding carboxylic acids is 1. The Morgan fingerprint density at radius 2 is 1.74 bits per heavy atom. The molecule has 34 heavy (non-hydrogen) atoms. The first-order valence-corrected chi connectivity index (χ1v) is 11.7. The molecule has 5 aromatic rings. The Balaban J connectivity index is 1.23. The molecule has 0 bridgehead atoms. The highest BCUT2D eigenvalue weighted by Gasteiger charge is 2.16. The molecule has 2 N–H and O–H groups in total. The van der Waals surface area contributed by atoms with E-state index < -0.39 is 10.0 Å². The molecule has 0 aliphatic carbocycles. The van der Waals surface area contributed by atoms with Gasteiger partial charge in [0.25, 0.3) is 15.9 Å². The minimum atomic E-state index is -3.78. The van der Waals surface area contributed by atoms with Crippen molar-refractivity contribution >= 4 is 33.0 Å². The molecule has 0 atom stereocenters. The lowest BCUT2D eigenvalue weighted by Crippen LogP contribution is -2.14. The number of pyridine rings is 2. The molecule has 0 fully saturated rings. The van der Waals surface area contributed by atoms with Crippen LogP contribution >= 0.6 is 0 Å². The number of sulfonamides is 1. The summed E-state index contributed by atoms with van der Waals surface area (Å²) in [4.78, 5) is 21.1. The van der Waals surface area contributed by atoms with Crippen LogP contribution in [-0.2, 0) is 16.6 Å². The van der Waals surface area contributed by atoms with Crippen molar-refractivity contribution in [3.05, 3.63) is 103 Å². The summed E-state index contributed by atoms with van der Waals surface area (Å²) in [6.07, 6.45) is 10.1. The summed E-state index contributed by atoms with van der Waals surface area (Å²) < 4.78 is 31.1. The van der Waals surface area contributed by atoms with Crippen molar-refractivity contribution in [1.29, 1.82) is 0 Å². The second kappa shape index (κ2) is 8.79. The van der Waals surface area contributed by atoms with Gasteiger partial charge in [-0.25, -0.2) is 13.4 Å². The highest BCUT2D eigenvalue weighted by molar-refractivity contribution is 7.92. The molecule has 0 radical (unpaired) electrons. The van der Waals surface area contributed by atoms with Crippen molar-refractivity contribution in [3.8, 4) is 0 Å². The zero-order valence-corrected chi connectivity index (χ0v) is 18.6. The third-order valence-corrected chi connectivity index (χ3v) is 6.39. The van der Waals surface area contributed by atoms with Crippen molar-refractivity contribution < 1.29 is 13.2 Å². The minimum absolute atomic E-state index is 0.0427. The molecule has 10 nitrogen and oxygen atoms in total. The standard InChI is InChI=1S/C23H19N7O3S/c31-23(17-4-6-21(7-5-17)34(32,33)28-18-8-10-24-11-9-18)27-19-13-25-30(15-19)16-20-14-29-12-2-1-3-22(29)26-20/h1-15H,16H2,(H,24,28)(H,27,31). The molecular formula is C23H19N7O3S. The Bertz CT molecular complexity index is 1530. The van der Waals surface area contributed by atoms with Crippen molar-refractivity contribution in [3.63, 3.8) is 0 Å². The summed E-state index contributed by atoms with van der Waals surface area (Å²) in [5, 5.41) is 7.04. The lowest BCUT2D eigenvalue weighted by molar-refractivity contribution is 0.102. The predicted molar refractivity (Wildman–Crippen MR) is 126 cm³/mol. The van der Waals surface area contributed by atoms with Gasteiger partial charge in [-0.3, -0.25) is 19.2 Å². The molecule has 11 heteroatoms. The largest absolute Gasteiger partial charge is 0.319 e. The second-order valence-corrected chi connectivity index (χ2v) is 9.13. The lowest BCUT2D eigenvalue weighted by atomic mass is 10.2. The van der Waals surface area contributed by atoms with Crippen LogP contribution in [0.4, 0.5) is 11.4 Å². The van der Waals surface area contributed by atoms with Crippen LogP contribution in [0.15, 0.2) is 96.7 Å². The third kappa shape index (κ3) is 4.64. The molecule has 4 heterocycles. The van der Waals surface area contributed by atoms with E-state index in [1.807, 2.05) is 35.0 Å².